The summed E-state index contributed by atoms with van der Waals surface area (Å²) in [6, 6.07) is -0.821. The molecular weight excluding hydrogens is 727 g/mol. The van der Waals surface area contributed by atoms with Gasteiger partial charge in [-0.2, -0.15) is 0 Å². The normalized spacial score (nSPS) is 13.9. The van der Waals surface area contributed by atoms with Crippen LogP contribution in [0.5, 0.6) is 0 Å². The van der Waals surface area contributed by atoms with Crippen molar-refractivity contribution >= 4 is 5.91 Å². The highest BCUT2D eigenvalue weighted by Crippen LogP contribution is 2.16. The Labute approximate surface area is 367 Å². The quantitative estimate of drug-likeness (QED) is 0.0363. The van der Waals surface area contributed by atoms with Crippen LogP contribution in [0.4, 0.5) is 0 Å². The highest BCUT2D eigenvalue weighted by Gasteiger charge is 2.22. The van der Waals surface area contributed by atoms with Crippen LogP contribution < -0.4 is 5.32 Å². The van der Waals surface area contributed by atoms with Crippen LogP contribution in [-0.2, 0) is 4.79 Å². The van der Waals surface area contributed by atoms with Gasteiger partial charge in [0.25, 0.3) is 0 Å². The second kappa shape index (κ2) is 48.7. The van der Waals surface area contributed by atoms with E-state index in [-0.39, 0.29) is 6.61 Å². The van der Waals surface area contributed by atoms with E-state index in [0.29, 0.717) is 6.42 Å². The Morgan fingerprint density at radius 2 is 0.780 bits per heavy atom. The number of carbonyl (C=O) groups is 1. The van der Waals surface area contributed by atoms with E-state index in [4.69, 9.17) is 0 Å². The number of aliphatic hydroxyl groups excluding tert-OH is 3. The molecule has 0 fully saturated rings. The van der Waals surface area contributed by atoms with Crippen molar-refractivity contribution in [1.82, 2.24) is 5.32 Å². The highest BCUT2D eigenvalue weighted by atomic mass is 16.3. The van der Waals surface area contributed by atoms with Crippen molar-refractivity contribution in [3.8, 4) is 0 Å². The summed E-state index contributed by atoms with van der Waals surface area (Å²) in [6.45, 7) is 4.09. The van der Waals surface area contributed by atoms with Crippen molar-refractivity contribution in [2.75, 3.05) is 6.61 Å². The molecule has 0 rings (SSSR count). The maximum atomic E-state index is 12.5. The summed E-state index contributed by atoms with van der Waals surface area (Å²) in [5.41, 5.74) is 0. The Balaban J connectivity index is 3.53. The van der Waals surface area contributed by atoms with Crippen LogP contribution in [0.2, 0.25) is 0 Å². The summed E-state index contributed by atoms with van der Waals surface area (Å²) >= 11 is 0. The smallest absolute Gasteiger partial charge is 0.249 e. The Bertz CT molecular complexity index is 1000. The number of unbranched alkanes of at least 4 members (excludes halogenated alkanes) is 30. The molecular formula is C54H99NO4. The minimum atomic E-state index is -1.11. The van der Waals surface area contributed by atoms with E-state index in [1.807, 2.05) is 6.08 Å². The summed E-state index contributed by atoms with van der Waals surface area (Å²) in [6.07, 6.45) is 65.9. The van der Waals surface area contributed by atoms with Gasteiger partial charge in [-0.1, -0.05) is 242 Å². The van der Waals surface area contributed by atoms with E-state index in [1.165, 1.54) is 173 Å². The predicted octanol–water partition coefficient (Wildman–Crippen LogP) is 15.4. The van der Waals surface area contributed by atoms with E-state index in [1.54, 1.807) is 6.08 Å². The number of rotatable bonds is 46. The van der Waals surface area contributed by atoms with Gasteiger partial charge in [0, 0.05) is 0 Å². The van der Waals surface area contributed by atoms with Gasteiger partial charge in [0.2, 0.25) is 5.91 Å². The molecule has 0 aromatic carbocycles. The molecule has 0 aromatic rings. The summed E-state index contributed by atoms with van der Waals surface area (Å²) in [5.74, 6) is -0.519. The number of hydrogen-bond acceptors (Lipinski definition) is 4. The van der Waals surface area contributed by atoms with Crippen LogP contribution in [0.3, 0.4) is 0 Å². The first-order valence-electron chi connectivity index (χ1n) is 25.6. The molecule has 1 amide bonds. The standard InChI is InChI=1S/C54H99NO4/c1-3-5-7-9-11-13-15-16-17-18-19-20-21-22-23-24-25-26-27-28-29-30-31-32-33-34-35-36-37-39-41-43-45-47-49-53(58)54(59)55-51(50-56)52(57)48-46-44-42-40-38-14-12-10-8-6-4-2/h8,10,21-22,24-25,38,40,46,48,51-53,56-58H,3-7,9,11-20,23,26-37,39,41-45,47,49-50H2,1-2H3,(H,55,59)/b10-8+,22-21-,25-24-,40-38+,48-46+. The molecule has 4 N–H and O–H groups in total. The van der Waals surface area contributed by atoms with Crippen molar-refractivity contribution in [2.24, 2.45) is 0 Å². The zero-order valence-electron chi connectivity index (χ0n) is 39.1. The molecule has 0 heterocycles. The van der Waals surface area contributed by atoms with Gasteiger partial charge in [-0.05, 0) is 70.6 Å². The molecule has 0 aliphatic carbocycles. The lowest BCUT2D eigenvalue weighted by Crippen LogP contribution is -2.48. The molecule has 344 valence electrons. The van der Waals surface area contributed by atoms with Gasteiger partial charge in [-0.3, -0.25) is 4.79 Å². The average Bonchev–Trinajstić information content (AvgIpc) is 3.24. The third-order valence-corrected chi connectivity index (χ3v) is 11.5. The predicted molar refractivity (Wildman–Crippen MR) is 259 cm³/mol. The Morgan fingerprint density at radius 1 is 0.424 bits per heavy atom. The maximum Gasteiger partial charge on any atom is 0.249 e. The topological polar surface area (TPSA) is 89.8 Å². The Morgan fingerprint density at radius 3 is 1.19 bits per heavy atom. The number of allylic oxidation sites excluding steroid dienone is 9. The molecule has 5 heteroatoms. The fourth-order valence-corrected chi connectivity index (χ4v) is 7.55. The summed E-state index contributed by atoms with van der Waals surface area (Å²) in [7, 11) is 0. The lowest BCUT2D eigenvalue weighted by Gasteiger charge is -2.21. The Kier molecular flexibility index (Phi) is 47.1. The van der Waals surface area contributed by atoms with Crippen LogP contribution in [-0.4, -0.2) is 46.1 Å². The monoisotopic (exact) mass is 826 g/mol. The van der Waals surface area contributed by atoms with Crippen molar-refractivity contribution in [3.63, 3.8) is 0 Å². The van der Waals surface area contributed by atoms with Crippen molar-refractivity contribution in [1.29, 1.82) is 0 Å². The van der Waals surface area contributed by atoms with Gasteiger partial charge in [0.1, 0.15) is 6.10 Å². The van der Waals surface area contributed by atoms with Gasteiger partial charge in [-0.25, -0.2) is 0 Å². The first-order valence-corrected chi connectivity index (χ1v) is 25.6. The van der Waals surface area contributed by atoms with E-state index in [0.717, 1.165) is 57.8 Å². The first-order chi connectivity index (χ1) is 29.1. The minimum Gasteiger partial charge on any atom is -0.394 e. The molecule has 0 bridgehead atoms. The maximum absolute atomic E-state index is 12.5. The molecule has 5 nitrogen and oxygen atoms in total. The third-order valence-electron chi connectivity index (χ3n) is 11.5. The molecule has 0 saturated heterocycles. The average molecular weight is 826 g/mol. The van der Waals surface area contributed by atoms with Gasteiger partial charge in [-0.15, -0.1) is 0 Å². The Hall–Kier alpha value is -1.95. The lowest BCUT2D eigenvalue weighted by atomic mass is 10.0. The molecule has 0 aliphatic rings. The SMILES string of the molecule is CCC/C=C/CC/C=C/CC/C=C/C(O)C(CO)NC(=O)C(O)CCCCCCCCCCCCCCCCCC/C=C\C/C=C\CCCCCCCCCCCCC. The highest BCUT2D eigenvalue weighted by molar-refractivity contribution is 5.80. The summed E-state index contributed by atoms with van der Waals surface area (Å²) < 4.78 is 0. The zero-order valence-corrected chi connectivity index (χ0v) is 39.1. The van der Waals surface area contributed by atoms with Crippen LogP contribution in [0, 0.1) is 0 Å². The van der Waals surface area contributed by atoms with E-state index in [2.05, 4.69) is 67.8 Å². The summed E-state index contributed by atoms with van der Waals surface area (Å²) in [5, 5.41) is 33.1. The second-order valence-electron chi connectivity index (χ2n) is 17.4. The van der Waals surface area contributed by atoms with Crippen LogP contribution in [0.25, 0.3) is 0 Å². The number of hydrogen-bond donors (Lipinski definition) is 4. The van der Waals surface area contributed by atoms with E-state index >= 15 is 0 Å². The van der Waals surface area contributed by atoms with Crippen molar-refractivity contribution < 1.29 is 20.1 Å². The van der Waals surface area contributed by atoms with Gasteiger partial charge >= 0.3 is 0 Å². The molecule has 0 aromatic heterocycles. The first kappa shape index (κ1) is 57.1. The number of carbonyl (C=O) groups excluding carboxylic acids is 1. The van der Waals surface area contributed by atoms with Crippen LogP contribution >= 0.6 is 0 Å². The van der Waals surface area contributed by atoms with Crippen molar-refractivity contribution in [2.45, 2.75) is 270 Å². The molecule has 59 heavy (non-hydrogen) atoms. The fraction of sp³-hybridized carbons (Fsp3) is 0.796. The van der Waals surface area contributed by atoms with Gasteiger partial charge in [0.15, 0.2) is 0 Å². The lowest BCUT2D eigenvalue weighted by molar-refractivity contribution is -0.131. The van der Waals surface area contributed by atoms with Gasteiger partial charge in [0.05, 0.1) is 18.8 Å². The third kappa shape index (κ3) is 43.9. The molecule has 0 spiro atoms. The number of nitrogens with one attached hydrogen (secondary N) is 1. The van der Waals surface area contributed by atoms with Gasteiger partial charge < -0.3 is 20.6 Å². The minimum absolute atomic E-state index is 0.383. The van der Waals surface area contributed by atoms with E-state index < -0.39 is 24.2 Å². The van der Waals surface area contributed by atoms with Crippen molar-refractivity contribution in [3.05, 3.63) is 60.8 Å². The molecule has 0 saturated carbocycles. The molecule has 0 radical (unpaired) electrons. The van der Waals surface area contributed by atoms with Crippen LogP contribution in [0.15, 0.2) is 60.8 Å². The second-order valence-corrected chi connectivity index (χ2v) is 17.4. The van der Waals surface area contributed by atoms with Crippen LogP contribution in [0.1, 0.15) is 251 Å². The zero-order chi connectivity index (χ0) is 43.0. The van der Waals surface area contributed by atoms with E-state index in [9.17, 15) is 20.1 Å². The summed E-state index contributed by atoms with van der Waals surface area (Å²) in [4.78, 5) is 12.5. The number of aliphatic hydroxyl groups is 3. The number of amides is 1. The molecule has 0 aliphatic heterocycles. The largest absolute Gasteiger partial charge is 0.394 e. The molecule has 3 unspecified atom stereocenters. The molecule has 3 atom stereocenters. The fourth-order valence-electron chi connectivity index (χ4n) is 7.55.